The summed E-state index contributed by atoms with van der Waals surface area (Å²) in [7, 11) is 3.89. The van der Waals surface area contributed by atoms with Gasteiger partial charge in [0.2, 0.25) is 0 Å². The monoisotopic (exact) mass is 820 g/mol. The molecular formula is C44H54N9O5S+. The molecule has 15 heteroatoms. The van der Waals surface area contributed by atoms with Crippen LogP contribution in [0.3, 0.4) is 0 Å². The zero-order chi connectivity index (χ0) is 41.5. The summed E-state index contributed by atoms with van der Waals surface area (Å²) >= 11 is 1.57. The van der Waals surface area contributed by atoms with Crippen molar-refractivity contribution in [1.29, 1.82) is 0 Å². The third kappa shape index (κ3) is 7.35. The maximum atomic E-state index is 12.9. The summed E-state index contributed by atoms with van der Waals surface area (Å²) in [6, 6.07) is 11.8. The highest BCUT2D eigenvalue weighted by Gasteiger charge is 2.66. The van der Waals surface area contributed by atoms with Crippen LogP contribution in [0.1, 0.15) is 86.1 Å². The molecule has 4 bridgehead atoms. The van der Waals surface area contributed by atoms with E-state index in [1.165, 1.54) is 6.42 Å². The number of pyridine rings is 1. The van der Waals surface area contributed by atoms with E-state index in [4.69, 9.17) is 19.8 Å². The highest BCUT2D eigenvalue weighted by Crippen LogP contribution is 2.72. The molecule has 5 aromatic rings. The second kappa shape index (κ2) is 14.1. The molecule has 310 valence electrons. The number of carboxylic acid groups (broad SMARTS) is 2. The third-order valence-corrected chi connectivity index (χ3v) is 14.4. The van der Waals surface area contributed by atoms with Gasteiger partial charge < -0.3 is 29.6 Å². The highest BCUT2D eigenvalue weighted by molar-refractivity contribution is 7.22. The highest BCUT2D eigenvalue weighted by atomic mass is 32.1. The molecule has 4 saturated carbocycles. The number of quaternary nitrogens is 1. The van der Waals surface area contributed by atoms with Gasteiger partial charge in [-0.1, -0.05) is 37.3 Å². The Morgan fingerprint density at radius 2 is 1.71 bits per heavy atom. The fourth-order valence-electron chi connectivity index (χ4n) is 12.2. The number of hydrogen-bond donors (Lipinski definition) is 3. The third-order valence-electron chi connectivity index (χ3n) is 13.5. The van der Waals surface area contributed by atoms with Gasteiger partial charge in [-0.3, -0.25) is 4.68 Å². The number of fused-ring (bicyclic) bond motifs is 2. The fourth-order valence-corrected chi connectivity index (χ4v) is 13.1. The molecule has 0 amide bonds. The Labute approximate surface area is 348 Å². The number of carboxylic acids is 2. The van der Waals surface area contributed by atoms with E-state index in [0.717, 1.165) is 89.2 Å². The maximum Gasteiger partial charge on any atom is 0.359 e. The number of ether oxygens (including phenoxy) is 1. The molecule has 4 aliphatic carbocycles. The number of para-hydroxylation sites is 1. The minimum atomic E-state index is -1.10. The summed E-state index contributed by atoms with van der Waals surface area (Å²) in [6.45, 7) is 11.5. The van der Waals surface area contributed by atoms with Gasteiger partial charge in [0, 0.05) is 41.0 Å². The lowest BCUT2D eigenvalue weighted by atomic mass is 9.39. The fraction of sp³-hybridized carbons (Fsp3) is 0.523. The number of nitrogens with one attached hydrogen (secondary N) is 1. The summed E-state index contributed by atoms with van der Waals surface area (Å²) in [5.41, 5.74) is 5.13. The molecule has 1 aromatic carbocycles. The van der Waals surface area contributed by atoms with Gasteiger partial charge in [-0.2, -0.15) is 5.10 Å². The molecule has 2 unspecified atom stereocenters. The molecule has 14 nitrogen and oxygen atoms in total. The topological polar surface area (TPSA) is 168 Å². The van der Waals surface area contributed by atoms with Crippen LogP contribution in [0.5, 0.6) is 0 Å². The van der Waals surface area contributed by atoms with Gasteiger partial charge in [-0.05, 0) is 106 Å². The number of aromatic carboxylic acids is 1. The first-order chi connectivity index (χ1) is 28.0. The molecule has 4 fully saturated rings. The molecule has 10 rings (SSSR count). The Balaban J connectivity index is 0.963. The Bertz CT molecular complexity index is 2440. The van der Waals surface area contributed by atoms with Gasteiger partial charge in [0.25, 0.3) is 0 Å². The standard InChI is InChI=1S/C44H53N9O5S/c1-27-29-10-9-15-51(38(29)50-49-37(27)48-40-46-32-11-7-8-12-33(32)59-40)34-14-13-30(36(47-34)39(56)57)31-18-45-52(28(31)2)26-43-21-41(3)20-42(4,22-43)24-44(23-41,25-43)58-17-16-53(5,6)19-35(54)55/h7-8,11-14,18H,9-10,15-17,19-26H2,1-6H3,(H2-,46,48,49,54,55,56,57)/p+1. The van der Waals surface area contributed by atoms with Crippen molar-refractivity contribution in [2.24, 2.45) is 16.2 Å². The lowest BCUT2D eigenvalue weighted by molar-refractivity contribution is -0.883. The maximum absolute atomic E-state index is 12.9. The minimum absolute atomic E-state index is 0.0255. The smallest absolute Gasteiger partial charge is 0.359 e. The number of anilines is 4. The number of rotatable bonds is 13. The van der Waals surface area contributed by atoms with Crippen LogP contribution >= 0.6 is 11.3 Å². The van der Waals surface area contributed by atoms with Crippen LogP contribution in [0, 0.1) is 30.1 Å². The largest absolute Gasteiger partial charge is 0.477 e. The zero-order valence-electron chi connectivity index (χ0n) is 34.8. The van der Waals surface area contributed by atoms with E-state index in [9.17, 15) is 19.8 Å². The molecule has 0 spiro atoms. The number of benzene rings is 1. The number of thiazole rings is 1. The van der Waals surface area contributed by atoms with Crippen molar-refractivity contribution >= 4 is 56.1 Å². The second-order valence-corrected chi connectivity index (χ2v) is 20.5. The van der Waals surface area contributed by atoms with Crippen LogP contribution in [0.4, 0.5) is 22.6 Å². The van der Waals surface area contributed by atoms with Gasteiger partial charge >= 0.3 is 11.9 Å². The summed E-state index contributed by atoms with van der Waals surface area (Å²) in [4.78, 5) is 35.9. The van der Waals surface area contributed by atoms with E-state index in [1.54, 1.807) is 17.5 Å². The molecule has 0 radical (unpaired) electrons. The first kappa shape index (κ1) is 39.5. The van der Waals surface area contributed by atoms with Crippen molar-refractivity contribution in [2.75, 3.05) is 50.6 Å². The van der Waals surface area contributed by atoms with Crippen molar-refractivity contribution in [3.05, 3.63) is 65.1 Å². The molecule has 59 heavy (non-hydrogen) atoms. The Kier molecular flexibility index (Phi) is 9.40. The number of nitrogens with zero attached hydrogens (tertiary/aromatic N) is 8. The molecule has 0 saturated heterocycles. The molecule has 4 aromatic heterocycles. The molecule has 3 N–H and O–H groups in total. The first-order valence-electron chi connectivity index (χ1n) is 20.7. The summed E-state index contributed by atoms with van der Waals surface area (Å²) in [5, 5.41) is 38.3. The average molecular weight is 821 g/mol. The number of aliphatic carboxylic acids is 1. The molecule has 5 aliphatic rings. The normalized spacial score (nSPS) is 26.0. The zero-order valence-corrected chi connectivity index (χ0v) is 35.7. The Hall–Kier alpha value is -4.99. The lowest BCUT2D eigenvalue weighted by Crippen LogP contribution is -2.64. The lowest BCUT2D eigenvalue weighted by Gasteiger charge is -2.69. The first-order valence-corrected chi connectivity index (χ1v) is 21.5. The van der Waals surface area contributed by atoms with Crippen molar-refractivity contribution in [3.63, 3.8) is 0 Å². The van der Waals surface area contributed by atoms with Gasteiger partial charge in [-0.25, -0.2) is 19.6 Å². The van der Waals surface area contributed by atoms with E-state index in [0.29, 0.717) is 47.2 Å². The summed E-state index contributed by atoms with van der Waals surface area (Å²) in [6.07, 6.45) is 9.78. The summed E-state index contributed by atoms with van der Waals surface area (Å²) < 4.78 is 10.4. The van der Waals surface area contributed by atoms with Gasteiger partial charge in [0.05, 0.1) is 42.7 Å². The van der Waals surface area contributed by atoms with Gasteiger partial charge in [0.1, 0.15) is 12.4 Å². The van der Waals surface area contributed by atoms with Gasteiger partial charge in [0.15, 0.2) is 29.0 Å². The molecule has 2 atom stereocenters. The van der Waals surface area contributed by atoms with Crippen LogP contribution < -0.4 is 10.2 Å². The van der Waals surface area contributed by atoms with Crippen LogP contribution in [-0.2, 0) is 22.5 Å². The molecular weight excluding hydrogens is 767 g/mol. The van der Waals surface area contributed by atoms with Crippen LogP contribution in [0.2, 0.25) is 0 Å². The van der Waals surface area contributed by atoms with E-state index < -0.39 is 11.9 Å². The van der Waals surface area contributed by atoms with E-state index >= 15 is 0 Å². The van der Waals surface area contributed by atoms with E-state index in [2.05, 4.69) is 34.0 Å². The Morgan fingerprint density at radius 1 is 0.949 bits per heavy atom. The van der Waals surface area contributed by atoms with E-state index in [-0.39, 0.29) is 34.1 Å². The second-order valence-electron chi connectivity index (χ2n) is 19.4. The number of carbonyl (C=O) groups is 2. The predicted molar refractivity (Wildman–Crippen MR) is 227 cm³/mol. The van der Waals surface area contributed by atoms with Crippen molar-refractivity contribution in [3.8, 4) is 11.1 Å². The Morgan fingerprint density at radius 3 is 2.44 bits per heavy atom. The van der Waals surface area contributed by atoms with Crippen LogP contribution in [0.15, 0.2) is 42.6 Å². The molecule has 5 heterocycles. The summed E-state index contributed by atoms with van der Waals surface area (Å²) in [5.74, 6) is -0.0464. The molecule has 1 aliphatic heterocycles. The van der Waals surface area contributed by atoms with Crippen molar-refractivity contribution in [1.82, 2.24) is 29.9 Å². The number of hydrogen-bond acceptors (Lipinski definition) is 11. The van der Waals surface area contributed by atoms with Crippen molar-refractivity contribution < 1.29 is 29.0 Å². The SMILES string of the molecule is Cc1c(Nc2nc3ccccc3s2)nnc2c1CCCN2c1ccc(-c2cnn(CC34CC5(C)CC(C)(C3)CC(OCC[N+](C)(C)CC(=O)O)(C5)C4)c2C)c(C(=O)O)n1. The number of likely N-dealkylation sites (N-methyl/N-ethyl adjacent to an activating group) is 1. The van der Waals surface area contributed by atoms with E-state index in [1.807, 2.05) is 69.2 Å². The quantitative estimate of drug-likeness (QED) is 0.0989. The van der Waals surface area contributed by atoms with Crippen molar-refractivity contribution in [2.45, 2.75) is 91.2 Å². The van der Waals surface area contributed by atoms with Gasteiger partial charge in [-0.15, -0.1) is 10.2 Å². The minimum Gasteiger partial charge on any atom is -0.477 e. The van der Waals surface area contributed by atoms with Crippen LogP contribution in [-0.4, -0.2) is 103 Å². The number of aromatic nitrogens is 6. The van der Waals surface area contributed by atoms with Crippen LogP contribution in [0.25, 0.3) is 21.3 Å². The average Bonchev–Trinajstić information content (AvgIpc) is 3.71. The predicted octanol–water partition coefficient (Wildman–Crippen LogP) is 7.78.